The monoisotopic (exact) mass is 318 g/mol. The van der Waals surface area contributed by atoms with Gasteiger partial charge in [-0.3, -0.25) is 4.79 Å². The van der Waals surface area contributed by atoms with Crippen LogP contribution in [0.2, 0.25) is 5.02 Å². The van der Waals surface area contributed by atoms with Crippen molar-refractivity contribution in [2.24, 2.45) is 0 Å². The summed E-state index contributed by atoms with van der Waals surface area (Å²) in [5, 5.41) is 14.6. The first-order chi connectivity index (χ1) is 10.2. The zero-order valence-electron chi connectivity index (χ0n) is 13.1. The average Bonchev–Trinajstić information content (AvgIpc) is 2.42. The van der Waals surface area contributed by atoms with E-state index < -0.39 is 0 Å². The Balaban J connectivity index is 2.12. The molecule has 1 aromatic carbocycles. The minimum Gasteiger partial charge on any atom is -0.346 e. The van der Waals surface area contributed by atoms with E-state index in [4.69, 9.17) is 11.6 Å². The van der Waals surface area contributed by atoms with Gasteiger partial charge in [-0.05, 0) is 57.5 Å². The minimum absolute atomic E-state index is 0.245. The van der Waals surface area contributed by atoms with Crippen LogP contribution >= 0.6 is 11.6 Å². The van der Waals surface area contributed by atoms with Crippen LogP contribution < -0.4 is 10.6 Å². The molecule has 0 spiro atoms. The molecule has 0 saturated carbocycles. The highest BCUT2D eigenvalue weighted by atomic mass is 35.5. The molecule has 1 amide bonds. The molecule has 0 bridgehead atoms. The largest absolute Gasteiger partial charge is 0.346 e. The number of nitrogens with one attached hydrogen (secondary N) is 2. The van der Waals surface area contributed by atoms with Crippen molar-refractivity contribution in [2.75, 3.05) is 5.32 Å². The lowest BCUT2D eigenvalue weighted by atomic mass is 10.1. The summed E-state index contributed by atoms with van der Waals surface area (Å²) in [6.45, 7) is 7.71. The molecule has 2 rings (SSSR count). The van der Waals surface area contributed by atoms with Crippen LogP contribution in [-0.2, 0) is 0 Å². The smallest absolute Gasteiger partial charge is 0.272 e. The number of aryl methyl sites for hydroxylation is 1. The fourth-order valence-electron chi connectivity index (χ4n) is 1.79. The molecular formula is C16H19ClN4O. The Morgan fingerprint density at radius 3 is 2.45 bits per heavy atom. The number of rotatable bonds is 3. The second-order valence-corrected chi connectivity index (χ2v) is 6.53. The summed E-state index contributed by atoms with van der Waals surface area (Å²) in [6.07, 6.45) is 0. The number of carbonyl (C=O) groups excluding carboxylic acids is 1. The van der Waals surface area contributed by atoms with Crippen molar-refractivity contribution in [2.45, 2.75) is 33.2 Å². The first-order valence-electron chi connectivity index (χ1n) is 6.94. The van der Waals surface area contributed by atoms with Gasteiger partial charge in [-0.15, -0.1) is 10.2 Å². The van der Waals surface area contributed by atoms with E-state index in [2.05, 4.69) is 20.8 Å². The van der Waals surface area contributed by atoms with Gasteiger partial charge in [0.2, 0.25) is 0 Å². The lowest BCUT2D eigenvalue weighted by Gasteiger charge is -2.19. The Bertz CT molecular complexity index is 678. The van der Waals surface area contributed by atoms with E-state index in [0.717, 1.165) is 11.3 Å². The molecule has 0 aliphatic heterocycles. The normalized spacial score (nSPS) is 11.1. The van der Waals surface area contributed by atoms with Crippen LogP contribution in [0, 0.1) is 6.92 Å². The number of hydrogen-bond donors (Lipinski definition) is 2. The average molecular weight is 319 g/mol. The Labute approximate surface area is 135 Å². The maximum atomic E-state index is 12.0. The molecule has 0 saturated heterocycles. The third-order valence-electron chi connectivity index (χ3n) is 2.85. The number of amides is 1. The summed E-state index contributed by atoms with van der Waals surface area (Å²) in [5.74, 6) is 0.308. The number of nitrogens with zero attached hydrogens (tertiary/aromatic N) is 2. The van der Waals surface area contributed by atoms with E-state index >= 15 is 0 Å². The zero-order chi connectivity index (χ0) is 16.3. The van der Waals surface area contributed by atoms with Crippen molar-refractivity contribution >= 4 is 29.0 Å². The maximum Gasteiger partial charge on any atom is 0.272 e. The third-order valence-corrected chi connectivity index (χ3v) is 3.08. The van der Waals surface area contributed by atoms with Gasteiger partial charge < -0.3 is 10.6 Å². The quantitative estimate of drug-likeness (QED) is 0.905. The lowest BCUT2D eigenvalue weighted by molar-refractivity contribution is 0.0913. The molecule has 0 fully saturated rings. The van der Waals surface area contributed by atoms with Crippen LogP contribution in [0.1, 0.15) is 36.8 Å². The van der Waals surface area contributed by atoms with Crippen LogP contribution in [0.15, 0.2) is 30.3 Å². The predicted molar refractivity (Wildman–Crippen MR) is 88.7 cm³/mol. The fraction of sp³-hybridized carbons (Fsp3) is 0.312. The number of aromatic nitrogens is 2. The van der Waals surface area contributed by atoms with Crippen LogP contribution in [0.5, 0.6) is 0 Å². The molecule has 6 heteroatoms. The number of carbonyl (C=O) groups is 1. The molecule has 0 aliphatic carbocycles. The summed E-state index contributed by atoms with van der Waals surface area (Å²) in [7, 11) is 0. The molecule has 5 nitrogen and oxygen atoms in total. The number of benzene rings is 1. The summed E-state index contributed by atoms with van der Waals surface area (Å²) in [5.41, 5.74) is 1.87. The van der Waals surface area contributed by atoms with Crippen LogP contribution in [0.4, 0.5) is 11.5 Å². The molecular weight excluding hydrogens is 300 g/mol. The van der Waals surface area contributed by atoms with Crippen molar-refractivity contribution in [3.8, 4) is 0 Å². The lowest BCUT2D eigenvalue weighted by Crippen LogP contribution is -2.41. The van der Waals surface area contributed by atoms with E-state index in [-0.39, 0.29) is 17.1 Å². The summed E-state index contributed by atoms with van der Waals surface area (Å²) in [4.78, 5) is 12.0. The molecule has 1 heterocycles. The Morgan fingerprint density at radius 1 is 1.14 bits per heavy atom. The minimum atomic E-state index is -0.312. The van der Waals surface area contributed by atoms with Crippen molar-refractivity contribution in [1.82, 2.24) is 15.5 Å². The van der Waals surface area contributed by atoms with Crippen molar-refractivity contribution in [1.29, 1.82) is 0 Å². The highest BCUT2D eigenvalue weighted by molar-refractivity contribution is 6.30. The van der Waals surface area contributed by atoms with Gasteiger partial charge >= 0.3 is 0 Å². The first-order valence-corrected chi connectivity index (χ1v) is 7.32. The van der Waals surface area contributed by atoms with Gasteiger partial charge in [-0.25, -0.2) is 0 Å². The Morgan fingerprint density at radius 2 is 1.86 bits per heavy atom. The van der Waals surface area contributed by atoms with E-state index in [1.165, 1.54) is 0 Å². The van der Waals surface area contributed by atoms with Crippen molar-refractivity contribution in [3.05, 3.63) is 46.6 Å². The summed E-state index contributed by atoms with van der Waals surface area (Å²) in [6, 6.07) is 8.91. The fourth-order valence-corrected chi connectivity index (χ4v) is 1.96. The molecule has 116 valence electrons. The van der Waals surface area contributed by atoms with Gasteiger partial charge in [0.1, 0.15) is 0 Å². The SMILES string of the molecule is Cc1ccc(Cl)cc1Nc1ccc(C(=O)NC(C)(C)C)nn1. The summed E-state index contributed by atoms with van der Waals surface area (Å²) >= 11 is 5.98. The van der Waals surface area contributed by atoms with Crippen LogP contribution in [-0.4, -0.2) is 21.6 Å². The van der Waals surface area contributed by atoms with Gasteiger partial charge in [0.05, 0.1) is 0 Å². The second kappa shape index (κ2) is 6.32. The molecule has 0 atom stereocenters. The first kappa shape index (κ1) is 16.2. The van der Waals surface area contributed by atoms with Gasteiger partial charge in [-0.1, -0.05) is 17.7 Å². The standard InChI is InChI=1S/C16H19ClN4O/c1-10-5-6-11(17)9-13(10)18-14-8-7-12(20-21-14)15(22)19-16(2,3)4/h5-9H,1-4H3,(H,18,21)(H,19,22). The Hall–Kier alpha value is -2.14. The zero-order valence-corrected chi connectivity index (χ0v) is 13.8. The van der Waals surface area contributed by atoms with Gasteiger partial charge in [0.15, 0.2) is 11.5 Å². The molecule has 0 aliphatic rings. The molecule has 0 unspecified atom stereocenters. The number of hydrogen-bond acceptors (Lipinski definition) is 4. The van der Waals surface area contributed by atoms with E-state index in [0.29, 0.717) is 10.8 Å². The predicted octanol–water partition coefficient (Wildman–Crippen LogP) is 3.71. The van der Waals surface area contributed by atoms with E-state index in [1.807, 2.05) is 45.9 Å². The van der Waals surface area contributed by atoms with Gasteiger partial charge in [0.25, 0.3) is 5.91 Å². The summed E-state index contributed by atoms with van der Waals surface area (Å²) < 4.78 is 0. The molecule has 22 heavy (non-hydrogen) atoms. The van der Waals surface area contributed by atoms with Crippen molar-refractivity contribution < 1.29 is 4.79 Å². The third kappa shape index (κ3) is 4.43. The highest BCUT2D eigenvalue weighted by Gasteiger charge is 2.16. The number of halogens is 1. The highest BCUT2D eigenvalue weighted by Crippen LogP contribution is 2.23. The molecule has 0 radical (unpaired) electrons. The Kier molecular flexibility index (Phi) is 4.66. The molecule has 2 aromatic rings. The van der Waals surface area contributed by atoms with Crippen molar-refractivity contribution in [3.63, 3.8) is 0 Å². The van der Waals surface area contributed by atoms with Gasteiger partial charge in [-0.2, -0.15) is 0 Å². The van der Waals surface area contributed by atoms with Gasteiger partial charge in [0, 0.05) is 16.2 Å². The van der Waals surface area contributed by atoms with E-state index in [9.17, 15) is 4.79 Å². The maximum absolute atomic E-state index is 12.0. The van der Waals surface area contributed by atoms with Crippen LogP contribution in [0.3, 0.4) is 0 Å². The number of anilines is 2. The second-order valence-electron chi connectivity index (χ2n) is 6.09. The molecule has 1 aromatic heterocycles. The topological polar surface area (TPSA) is 66.9 Å². The molecule has 2 N–H and O–H groups in total. The van der Waals surface area contributed by atoms with Crippen LogP contribution in [0.25, 0.3) is 0 Å². The van der Waals surface area contributed by atoms with E-state index in [1.54, 1.807) is 12.1 Å².